The lowest BCUT2D eigenvalue weighted by Gasteiger charge is -2.14. The molecule has 1 aliphatic heterocycles. The van der Waals surface area contributed by atoms with Crippen molar-refractivity contribution in [2.75, 3.05) is 0 Å². The van der Waals surface area contributed by atoms with E-state index in [1.807, 2.05) is 24.3 Å². The molecule has 0 bridgehead atoms. The molecule has 1 aromatic carbocycles. The van der Waals surface area contributed by atoms with E-state index in [2.05, 4.69) is 5.48 Å². The van der Waals surface area contributed by atoms with E-state index in [-0.39, 0.29) is 0 Å². The standard InChI is InChI=1S/C9H7NO2/c11-6-8-5-7-3-1-2-4-9(7)12-10-8/h1-6,10H. The molecule has 1 heterocycles. The van der Waals surface area contributed by atoms with Gasteiger partial charge in [-0.2, -0.15) is 0 Å². The third-order valence-electron chi connectivity index (χ3n) is 1.64. The van der Waals surface area contributed by atoms with Crippen molar-refractivity contribution in [2.45, 2.75) is 0 Å². The maximum absolute atomic E-state index is 10.4. The quantitative estimate of drug-likeness (QED) is 0.627. The molecule has 1 aliphatic rings. The van der Waals surface area contributed by atoms with Crippen LogP contribution in [0.25, 0.3) is 6.08 Å². The Morgan fingerprint density at radius 2 is 2.17 bits per heavy atom. The normalized spacial score (nSPS) is 13.5. The van der Waals surface area contributed by atoms with Gasteiger partial charge in [-0.3, -0.25) is 4.79 Å². The van der Waals surface area contributed by atoms with E-state index in [0.29, 0.717) is 5.70 Å². The summed E-state index contributed by atoms with van der Waals surface area (Å²) in [6.45, 7) is 0. The largest absolute Gasteiger partial charge is 0.381 e. The Bertz CT molecular complexity index is 344. The summed E-state index contributed by atoms with van der Waals surface area (Å²) in [6.07, 6.45) is 2.46. The third kappa shape index (κ3) is 1.05. The summed E-state index contributed by atoms with van der Waals surface area (Å²) < 4.78 is 0. The van der Waals surface area contributed by atoms with Crippen molar-refractivity contribution in [2.24, 2.45) is 0 Å². The van der Waals surface area contributed by atoms with Gasteiger partial charge in [0.1, 0.15) is 5.70 Å². The van der Waals surface area contributed by atoms with Gasteiger partial charge in [-0.25, -0.2) is 5.48 Å². The fourth-order valence-electron chi connectivity index (χ4n) is 1.06. The van der Waals surface area contributed by atoms with Crippen LogP contribution in [0.3, 0.4) is 0 Å². The average Bonchev–Trinajstić information content (AvgIpc) is 2.17. The van der Waals surface area contributed by atoms with E-state index < -0.39 is 0 Å². The Morgan fingerprint density at radius 3 is 3.00 bits per heavy atom. The first-order chi connectivity index (χ1) is 5.90. The fourth-order valence-corrected chi connectivity index (χ4v) is 1.06. The molecule has 3 heteroatoms. The monoisotopic (exact) mass is 161 g/mol. The second-order valence-corrected chi connectivity index (χ2v) is 2.46. The second-order valence-electron chi connectivity index (χ2n) is 2.46. The molecule has 1 aromatic rings. The first-order valence-corrected chi connectivity index (χ1v) is 3.59. The molecule has 0 atom stereocenters. The molecule has 0 aliphatic carbocycles. The van der Waals surface area contributed by atoms with Gasteiger partial charge < -0.3 is 4.84 Å². The van der Waals surface area contributed by atoms with Gasteiger partial charge in [0.2, 0.25) is 0 Å². The molecule has 2 rings (SSSR count). The summed E-state index contributed by atoms with van der Waals surface area (Å²) in [6, 6.07) is 7.49. The lowest BCUT2D eigenvalue weighted by Crippen LogP contribution is -2.22. The van der Waals surface area contributed by atoms with E-state index >= 15 is 0 Å². The van der Waals surface area contributed by atoms with E-state index in [1.54, 1.807) is 6.08 Å². The van der Waals surface area contributed by atoms with Crippen molar-refractivity contribution in [3.63, 3.8) is 0 Å². The molecule has 0 amide bonds. The van der Waals surface area contributed by atoms with E-state index in [0.717, 1.165) is 17.6 Å². The summed E-state index contributed by atoms with van der Waals surface area (Å²) in [4.78, 5) is 15.4. The Hall–Kier alpha value is -1.77. The maximum atomic E-state index is 10.4. The predicted molar refractivity (Wildman–Crippen MR) is 44.2 cm³/mol. The zero-order valence-corrected chi connectivity index (χ0v) is 6.28. The number of carbonyl (C=O) groups excluding carboxylic acids is 1. The molecular weight excluding hydrogens is 154 g/mol. The summed E-state index contributed by atoms with van der Waals surface area (Å²) in [7, 11) is 0. The first kappa shape index (κ1) is 6.91. The topological polar surface area (TPSA) is 38.3 Å². The van der Waals surface area contributed by atoms with Crippen LogP contribution in [0.15, 0.2) is 30.0 Å². The van der Waals surface area contributed by atoms with E-state index in [9.17, 15) is 4.79 Å². The minimum absolute atomic E-state index is 0.439. The van der Waals surface area contributed by atoms with Crippen LogP contribution in [0.1, 0.15) is 5.56 Å². The van der Waals surface area contributed by atoms with Gasteiger partial charge >= 0.3 is 0 Å². The number of nitrogens with one attached hydrogen (secondary N) is 1. The molecule has 0 saturated heterocycles. The number of aldehydes is 1. The van der Waals surface area contributed by atoms with Crippen molar-refractivity contribution < 1.29 is 9.63 Å². The van der Waals surface area contributed by atoms with Gasteiger partial charge in [0.05, 0.1) is 0 Å². The Morgan fingerprint density at radius 1 is 1.33 bits per heavy atom. The van der Waals surface area contributed by atoms with Gasteiger partial charge in [-0.15, -0.1) is 0 Å². The Balaban J connectivity index is 2.47. The molecule has 3 nitrogen and oxygen atoms in total. The zero-order valence-electron chi connectivity index (χ0n) is 6.28. The van der Waals surface area contributed by atoms with Crippen LogP contribution in [-0.4, -0.2) is 6.29 Å². The number of hydrogen-bond acceptors (Lipinski definition) is 3. The van der Waals surface area contributed by atoms with Crippen LogP contribution < -0.4 is 10.3 Å². The predicted octanol–water partition coefficient (Wildman–Crippen LogP) is 1.12. The Labute approximate surface area is 69.6 Å². The molecule has 0 spiro atoms. The number of carbonyl (C=O) groups is 1. The van der Waals surface area contributed by atoms with Gasteiger partial charge in [-0.05, 0) is 12.1 Å². The van der Waals surface area contributed by atoms with Gasteiger partial charge in [0.25, 0.3) is 0 Å². The van der Waals surface area contributed by atoms with Crippen molar-refractivity contribution in [3.05, 3.63) is 35.5 Å². The molecule has 12 heavy (non-hydrogen) atoms. The summed E-state index contributed by atoms with van der Waals surface area (Å²) in [5.41, 5.74) is 3.87. The van der Waals surface area contributed by atoms with Crippen LogP contribution in [0, 0.1) is 0 Å². The highest BCUT2D eigenvalue weighted by Gasteiger charge is 2.08. The lowest BCUT2D eigenvalue weighted by atomic mass is 10.1. The van der Waals surface area contributed by atoms with Crippen molar-refractivity contribution in [3.8, 4) is 5.75 Å². The van der Waals surface area contributed by atoms with Crippen LogP contribution >= 0.6 is 0 Å². The van der Waals surface area contributed by atoms with E-state index in [4.69, 9.17) is 4.84 Å². The SMILES string of the molecule is O=CC1=Cc2ccccc2ON1. The smallest absolute Gasteiger partial charge is 0.169 e. The molecular formula is C9H7NO2. The van der Waals surface area contributed by atoms with Gasteiger partial charge in [0, 0.05) is 5.56 Å². The van der Waals surface area contributed by atoms with Crippen LogP contribution in [-0.2, 0) is 4.79 Å². The average molecular weight is 161 g/mol. The number of benzene rings is 1. The lowest BCUT2D eigenvalue weighted by molar-refractivity contribution is -0.105. The third-order valence-corrected chi connectivity index (χ3v) is 1.64. The number of para-hydroxylation sites is 1. The minimum atomic E-state index is 0.439. The highest BCUT2D eigenvalue weighted by molar-refractivity contribution is 5.82. The molecule has 60 valence electrons. The summed E-state index contributed by atoms with van der Waals surface area (Å²) in [5.74, 6) is 0.739. The molecule has 0 aromatic heterocycles. The van der Waals surface area contributed by atoms with Crippen LogP contribution in [0.4, 0.5) is 0 Å². The maximum Gasteiger partial charge on any atom is 0.169 e. The summed E-state index contributed by atoms with van der Waals surface area (Å²) >= 11 is 0. The number of rotatable bonds is 1. The van der Waals surface area contributed by atoms with Crippen molar-refractivity contribution in [1.29, 1.82) is 0 Å². The number of allylic oxidation sites excluding steroid dienone is 1. The molecule has 0 fully saturated rings. The van der Waals surface area contributed by atoms with Gasteiger partial charge in [-0.1, -0.05) is 18.2 Å². The van der Waals surface area contributed by atoms with Gasteiger partial charge in [0.15, 0.2) is 12.0 Å². The highest BCUT2D eigenvalue weighted by Crippen LogP contribution is 2.22. The fraction of sp³-hybridized carbons (Fsp3) is 0. The van der Waals surface area contributed by atoms with E-state index in [1.165, 1.54) is 0 Å². The Kier molecular flexibility index (Phi) is 1.55. The minimum Gasteiger partial charge on any atom is -0.381 e. The van der Waals surface area contributed by atoms with Crippen LogP contribution in [0.5, 0.6) is 5.75 Å². The highest BCUT2D eigenvalue weighted by atomic mass is 16.6. The first-order valence-electron chi connectivity index (χ1n) is 3.59. The number of hydrogen-bond donors (Lipinski definition) is 1. The number of fused-ring (bicyclic) bond motifs is 1. The molecule has 1 N–H and O–H groups in total. The summed E-state index contributed by atoms with van der Waals surface area (Å²) in [5, 5.41) is 0. The van der Waals surface area contributed by atoms with Crippen LogP contribution in [0.2, 0.25) is 0 Å². The zero-order chi connectivity index (χ0) is 8.39. The van der Waals surface area contributed by atoms with Crippen molar-refractivity contribution >= 4 is 12.4 Å². The number of hydroxylamine groups is 1. The molecule has 0 saturated carbocycles. The molecule has 0 radical (unpaired) electrons. The second kappa shape index (κ2) is 2.70. The van der Waals surface area contributed by atoms with Crippen molar-refractivity contribution in [1.82, 2.24) is 5.48 Å². The molecule has 0 unspecified atom stereocenters.